The predicted molar refractivity (Wildman–Crippen MR) is 62.2 cm³/mol. The molecule has 0 radical (unpaired) electrons. The molecule has 5 atom stereocenters. The minimum Gasteiger partial charge on any atom is -0.394 e. The Labute approximate surface area is 105 Å². The average Bonchev–Trinajstić information content (AvgIpc) is 2.32. The Hall–Kier alpha value is 0.110. The SMILES string of the molecule is CCCCSO[C@H]1C(O)O[C@H](CO)[C@H](O)[C@@H]1O. The van der Waals surface area contributed by atoms with Gasteiger partial charge in [0.1, 0.15) is 18.3 Å². The summed E-state index contributed by atoms with van der Waals surface area (Å²) >= 11 is 1.13. The molecule has 102 valence electrons. The Morgan fingerprint density at radius 1 is 1.24 bits per heavy atom. The molecule has 7 heteroatoms. The lowest BCUT2D eigenvalue weighted by Crippen LogP contribution is -2.58. The molecule has 0 bridgehead atoms. The molecule has 1 aliphatic rings. The van der Waals surface area contributed by atoms with Gasteiger partial charge in [0, 0.05) is 5.75 Å². The normalized spacial score (nSPS) is 38.3. The maximum absolute atomic E-state index is 9.73. The Morgan fingerprint density at radius 3 is 2.53 bits per heavy atom. The van der Waals surface area contributed by atoms with Crippen molar-refractivity contribution in [2.24, 2.45) is 0 Å². The van der Waals surface area contributed by atoms with Crippen molar-refractivity contribution >= 4 is 12.0 Å². The first-order valence-electron chi connectivity index (χ1n) is 5.70. The van der Waals surface area contributed by atoms with E-state index in [0.717, 1.165) is 30.6 Å². The number of rotatable bonds is 6. The van der Waals surface area contributed by atoms with Crippen molar-refractivity contribution in [3.63, 3.8) is 0 Å². The largest absolute Gasteiger partial charge is 0.394 e. The van der Waals surface area contributed by atoms with Gasteiger partial charge in [-0.3, -0.25) is 0 Å². The summed E-state index contributed by atoms with van der Waals surface area (Å²) in [5, 5.41) is 37.8. The monoisotopic (exact) mass is 268 g/mol. The molecule has 6 nitrogen and oxygen atoms in total. The lowest BCUT2D eigenvalue weighted by atomic mass is 9.99. The van der Waals surface area contributed by atoms with Crippen LogP contribution in [0.3, 0.4) is 0 Å². The third kappa shape index (κ3) is 4.06. The van der Waals surface area contributed by atoms with E-state index < -0.39 is 37.3 Å². The lowest BCUT2D eigenvalue weighted by Gasteiger charge is -2.39. The smallest absolute Gasteiger partial charge is 0.185 e. The fraction of sp³-hybridized carbons (Fsp3) is 1.00. The van der Waals surface area contributed by atoms with Crippen molar-refractivity contribution in [3.05, 3.63) is 0 Å². The van der Waals surface area contributed by atoms with Crippen molar-refractivity contribution in [3.8, 4) is 0 Å². The molecule has 0 amide bonds. The highest BCUT2D eigenvalue weighted by molar-refractivity contribution is 7.94. The van der Waals surface area contributed by atoms with E-state index in [0.29, 0.717) is 0 Å². The number of hydrogen-bond donors (Lipinski definition) is 4. The topological polar surface area (TPSA) is 99.4 Å². The fourth-order valence-electron chi connectivity index (χ4n) is 1.51. The molecule has 1 rings (SSSR count). The molecular formula is C10H20O6S. The van der Waals surface area contributed by atoms with Gasteiger partial charge in [-0.25, -0.2) is 0 Å². The minimum absolute atomic E-state index is 0.467. The Balaban J connectivity index is 2.43. The predicted octanol–water partition coefficient (Wildman–Crippen LogP) is -0.749. The van der Waals surface area contributed by atoms with E-state index in [9.17, 15) is 15.3 Å². The Kier molecular flexibility index (Phi) is 6.71. The molecule has 0 aromatic heterocycles. The van der Waals surface area contributed by atoms with E-state index in [-0.39, 0.29) is 0 Å². The van der Waals surface area contributed by atoms with E-state index in [4.69, 9.17) is 14.0 Å². The number of aliphatic hydroxyl groups is 4. The lowest BCUT2D eigenvalue weighted by molar-refractivity contribution is -0.278. The number of aliphatic hydroxyl groups excluding tert-OH is 4. The second-order valence-electron chi connectivity index (χ2n) is 3.97. The van der Waals surface area contributed by atoms with Crippen molar-refractivity contribution < 1.29 is 29.3 Å². The quantitative estimate of drug-likeness (QED) is 0.371. The van der Waals surface area contributed by atoms with Crippen LogP contribution in [0.15, 0.2) is 0 Å². The van der Waals surface area contributed by atoms with E-state index in [1.807, 2.05) is 6.92 Å². The highest BCUT2D eigenvalue weighted by atomic mass is 32.2. The summed E-state index contributed by atoms with van der Waals surface area (Å²) < 4.78 is 10.2. The highest BCUT2D eigenvalue weighted by Gasteiger charge is 2.44. The van der Waals surface area contributed by atoms with Crippen molar-refractivity contribution in [1.29, 1.82) is 0 Å². The van der Waals surface area contributed by atoms with Crippen LogP contribution < -0.4 is 0 Å². The van der Waals surface area contributed by atoms with E-state index in [1.54, 1.807) is 0 Å². The van der Waals surface area contributed by atoms with Crippen LogP contribution in [0.1, 0.15) is 19.8 Å². The molecule has 0 aliphatic carbocycles. The Bertz CT molecular complexity index is 217. The summed E-state index contributed by atoms with van der Waals surface area (Å²) in [5.74, 6) is 0.742. The van der Waals surface area contributed by atoms with Gasteiger partial charge in [0.15, 0.2) is 12.4 Å². The summed E-state index contributed by atoms with van der Waals surface area (Å²) in [6.45, 7) is 1.58. The van der Waals surface area contributed by atoms with Gasteiger partial charge in [0.25, 0.3) is 0 Å². The van der Waals surface area contributed by atoms with Gasteiger partial charge in [0.05, 0.1) is 6.61 Å². The number of unbranched alkanes of at least 4 members (excludes halogenated alkanes) is 1. The van der Waals surface area contributed by atoms with Crippen molar-refractivity contribution in [2.75, 3.05) is 12.4 Å². The van der Waals surface area contributed by atoms with Crippen LogP contribution in [0, 0.1) is 0 Å². The van der Waals surface area contributed by atoms with E-state index >= 15 is 0 Å². The van der Waals surface area contributed by atoms with Gasteiger partial charge in [0.2, 0.25) is 0 Å². The first-order chi connectivity index (χ1) is 8.11. The number of hydrogen-bond acceptors (Lipinski definition) is 7. The van der Waals surface area contributed by atoms with Crippen LogP contribution in [0.25, 0.3) is 0 Å². The van der Waals surface area contributed by atoms with Gasteiger partial charge < -0.3 is 29.3 Å². The summed E-state index contributed by atoms with van der Waals surface area (Å²) in [6, 6.07) is 0. The maximum atomic E-state index is 9.73. The van der Waals surface area contributed by atoms with Crippen LogP contribution >= 0.6 is 12.0 Å². The molecular weight excluding hydrogens is 248 g/mol. The van der Waals surface area contributed by atoms with Crippen LogP contribution in [-0.4, -0.2) is 63.5 Å². The highest BCUT2D eigenvalue weighted by Crippen LogP contribution is 2.25. The summed E-state index contributed by atoms with van der Waals surface area (Å²) in [5.41, 5.74) is 0. The average molecular weight is 268 g/mol. The van der Waals surface area contributed by atoms with Crippen LogP contribution in [-0.2, 0) is 8.92 Å². The zero-order valence-electron chi connectivity index (χ0n) is 9.73. The zero-order valence-corrected chi connectivity index (χ0v) is 10.5. The van der Waals surface area contributed by atoms with Crippen molar-refractivity contribution in [2.45, 2.75) is 50.5 Å². The molecule has 1 saturated heterocycles. The zero-order chi connectivity index (χ0) is 12.8. The van der Waals surface area contributed by atoms with Crippen LogP contribution in [0.4, 0.5) is 0 Å². The van der Waals surface area contributed by atoms with Gasteiger partial charge in [-0.1, -0.05) is 13.3 Å². The summed E-state index contributed by atoms with van der Waals surface area (Å²) in [7, 11) is 0. The van der Waals surface area contributed by atoms with Crippen LogP contribution in [0.5, 0.6) is 0 Å². The molecule has 0 spiro atoms. The fourth-order valence-corrected chi connectivity index (χ4v) is 2.37. The summed E-state index contributed by atoms with van der Waals surface area (Å²) in [6.07, 6.45) is -3.88. The standard InChI is InChI=1S/C10H20O6S/c1-2-3-4-17-16-9-8(13)7(12)6(5-11)15-10(9)14/h6-14H,2-5H2,1H3/t6-,7+,8+,9-,10?/m1/s1. The third-order valence-electron chi connectivity index (χ3n) is 2.60. The van der Waals surface area contributed by atoms with Crippen molar-refractivity contribution in [1.82, 2.24) is 0 Å². The van der Waals surface area contributed by atoms with Gasteiger partial charge >= 0.3 is 0 Å². The maximum Gasteiger partial charge on any atom is 0.185 e. The number of ether oxygens (including phenoxy) is 1. The second-order valence-corrected chi connectivity index (χ2v) is 4.80. The van der Waals surface area contributed by atoms with E-state index in [2.05, 4.69) is 0 Å². The Morgan fingerprint density at radius 2 is 1.94 bits per heavy atom. The molecule has 4 N–H and O–H groups in total. The molecule has 1 heterocycles. The van der Waals surface area contributed by atoms with Gasteiger partial charge in [-0.2, -0.15) is 0 Å². The van der Waals surface area contributed by atoms with Crippen LogP contribution in [0.2, 0.25) is 0 Å². The van der Waals surface area contributed by atoms with E-state index in [1.165, 1.54) is 0 Å². The van der Waals surface area contributed by atoms with Gasteiger partial charge in [-0.15, -0.1) is 0 Å². The molecule has 0 saturated carbocycles. The second kappa shape index (κ2) is 7.52. The third-order valence-corrected chi connectivity index (χ3v) is 3.42. The molecule has 0 aromatic carbocycles. The first-order valence-corrected chi connectivity index (χ1v) is 6.61. The molecule has 0 aromatic rings. The molecule has 1 aliphatic heterocycles. The molecule has 17 heavy (non-hydrogen) atoms. The molecule has 1 unspecified atom stereocenters. The minimum atomic E-state index is -1.35. The summed E-state index contributed by atoms with van der Waals surface area (Å²) in [4.78, 5) is 0. The van der Waals surface area contributed by atoms with Gasteiger partial charge in [-0.05, 0) is 18.5 Å². The first kappa shape index (κ1) is 15.2. The molecule has 1 fully saturated rings.